The molecule has 0 bridgehead atoms. The summed E-state index contributed by atoms with van der Waals surface area (Å²) in [5.41, 5.74) is -0.459. The predicted octanol–water partition coefficient (Wildman–Crippen LogP) is 4.58. The van der Waals surface area contributed by atoms with E-state index in [1.165, 1.54) is 6.08 Å². The van der Waals surface area contributed by atoms with Gasteiger partial charge >= 0.3 is 0 Å². The van der Waals surface area contributed by atoms with E-state index in [-0.39, 0.29) is 6.42 Å². The third-order valence-corrected chi connectivity index (χ3v) is 3.59. The second-order valence-electron chi connectivity index (χ2n) is 4.89. The molecule has 2 nitrogen and oxygen atoms in total. The summed E-state index contributed by atoms with van der Waals surface area (Å²) < 4.78 is 66.0. The van der Waals surface area contributed by atoms with Gasteiger partial charge in [0.1, 0.15) is 0 Å². The van der Waals surface area contributed by atoms with Crippen molar-refractivity contribution in [3.8, 4) is 0 Å². The lowest BCUT2D eigenvalue weighted by Crippen LogP contribution is -2.23. The highest BCUT2D eigenvalue weighted by molar-refractivity contribution is 6.25. The van der Waals surface area contributed by atoms with Gasteiger partial charge in [0.15, 0.2) is 29.6 Å². The van der Waals surface area contributed by atoms with Crippen molar-refractivity contribution in [2.75, 3.05) is 6.61 Å². The Morgan fingerprint density at radius 2 is 1.68 bits per heavy atom. The summed E-state index contributed by atoms with van der Waals surface area (Å²) in [6, 6.07) is 0. The van der Waals surface area contributed by atoms with Gasteiger partial charge in [-0.25, -0.2) is 17.6 Å². The minimum atomic E-state index is -1.45. The van der Waals surface area contributed by atoms with Crippen LogP contribution in [0.25, 0.3) is 0 Å². The highest BCUT2D eigenvalue weighted by Crippen LogP contribution is 2.26. The fourth-order valence-corrected chi connectivity index (χ4v) is 2.30. The zero-order chi connectivity index (χ0) is 16.1. The van der Waals surface area contributed by atoms with Crippen molar-refractivity contribution in [1.29, 1.82) is 0 Å². The van der Waals surface area contributed by atoms with Gasteiger partial charge in [-0.05, 0) is 25.7 Å². The Bertz CT molecular complexity index is 528. The standard InChI is InChI=1S/C15H15ClF4O2/c16-6-3-4-9-12(17)14(19)10(15(20)13(9)18)8-22-11-5-1-2-7-21-11/h3,6,11H,1-2,4-5,7-8H2/b6-3-. The van der Waals surface area contributed by atoms with Crippen LogP contribution in [0.3, 0.4) is 0 Å². The third-order valence-electron chi connectivity index (χ3n) is 3.41. The quantitative estimate of drug-likeness (QED) is 0.578. The molecule has 0 radical (unpaired) electrons. The van der Waals surface area contributed by atoms with Gasteiger partial charge in [-0.3, -0.25) is 0 Å². The lowest BCUT2D eigenvalue weighted by Gasteiger charge is -2.23. The van der Waals surface area contributed by atoms with Gasteiger partial charge < -0.3 is 9.47 Å². The van der Waals surface area contributed by atoms with E-state index in [0.29, 0.717) is 13.0 Å². The van der Waals surface area contributed by atoms with Crippen LogP contribution in [0, 0.1) is 23.3 Å². The topological polar surface area (TPSA) is 18.5 Å². The second-order valence-corrected chi connectivity index (χ2v) is 5.14. The first-order valence-corrected chi connectivity index (χ1v) is 7.32. The number of allylic oxidation sites excluding steroid dienone is 1. The largest absolute Gasteiger partial charge is 0.353 e. The summed E-state index contributed by atoms with van der Waals surface area (Å²) in [6.07, 6.45) is 2.55. The predicted molar refractivity (Wildman–Crippen MR) is 73.4 cm³/mol. The Kier molecular flexibility index (Phi) is 6.23. The van der Waals surface area contributed by atoms with Crippen LogP contribution < -0.4 is 0 Å². The summed E-state index contributed by atoms with van der Waals surface area (Å²) in [5.74, 6) is -5.77. The highest BCUT2D eigenvalue weighted by Gasteiger charge is 2.25. The molecule has 1 fully saturated rings. The number of halogens is 5. The zero-order valence-corrected chi connectivity index (χ0v) is 12.4. The maximum absolute atomic E-state index is 13.9. The molecule has 1 heterocycles. The Labute approximate surface area is 130 Å². The van der Waals surface area contributed by atoms with Crippen LogP contribution in [0.1, 0.15) is 30.4 Å². The molecule has 0 amide bonds. The maximum atomic E-state index is 13.9. The highest BCUT2D eigenvalue weighted by atomic mass is 35.5. The van der Waals surface area contributed by atoms with Crippen LogP contribution in [-0.4, -0.2) is 12.9 Å². The molecule has 1 aliphatic rings. The maximum Gasteiger partial charge on any atom is 0.167 e. The van der Waals surface area contributed by atoms with Crippen molar-refractivity contribution < 1.29 is 27.0 Å². The van der Waals surface area contributed by atoms with E-state index in [1.54, 1.807) is 0 Å². The van der Waals surface area contributed by atoms with E-state index in [4.69, 9.17) is 21.1 Å². The fraction of sp³-hybridized carbons (Fsp3) is 0.467. The van der Waals surface area contributed by atoms with Crippen molar-refractivity contribution in [3.63, 3.8) is 0 Å². The molecule has 0 aliphatic carbocycles. The van der Waals surface area contributed by atoms with Gasteiger partial charge in [-0.1, -0.05) is 17.7 Å². The fourth-order valence-electron chi connectivity index (χ4n) is 2.21. The summed E-state index contributed by atoms with van der Waals surface area (Å²) in [6.45, 7) is -0.107. The minimum absolute atomic E-state index is 0.345. The van der Waals surface area contributed by atoms with Gasteiger partial charge in [-0.2, -0.15) is 0 Å². The van der Waals surface area contributed by atoms with Crippen LogP contribution in [-0.2, 0) is 22.5 Å². The summed E-state index contributed by atoms with van der Waals surface area (Å²) >= 11 is 5.26. The molecule has 1 saturated heterocycles. The molecule has 1 aromatic rings. The lowest BCUT2D eigenvalue weighted by atomic mass is 10.1. The number of hydrogen-bond donors (Lipinski definition) is 0. The van der Waals surface area contributed by atoms with Crippen LogP contribution in [0.4, 0.5) is 17.6 Å². The minimum Gasteiger partial charge on any atom is -0.353 e. The second kappa shape index (κ2) is 7.94. The molecule has 0 aromatic heterocycles. The Morgan fingerprint density at radius 3 is 2.23 bits per heavy atom. The Hall–Kier alpha value is -1.11. The van der Waals surface area contributed by atoms with E-state index >= 15 is 0 Å². The number of ether oxygens (including phenoxy) is 2. The molecule has 122 valence electrons. The average molecular weight is 339 g/mol. The van der Waals surface area contributed by atoms with Crippen molar-refractivity contribution in [1.82, 2.24) is 0 Å². The molecule has 1 atom stereocenters. The normalized spacial score (nSPS) is 19.0. The molecule has 1 unspecified atom stereocenters. The van der Waals surface area contributed by atoms with E-state index in [2.05, 4.69) is 0 Å². The molecule has 0 saturated carbocycles. The van der Waals surface area contributed by atoms with Gasteiger partial charge in [0.2, 0.25) is 0 Å². The van der Waals surface area contributed by atoms with Crippen molar-refractivity contribution in [3.05, 3.63) is 46.0 Å². The average Bonchev–Trinajstić information content (AvgIpc) is 2.54. The van der Waals surface area contributed by atoms with Gasteiger partial charge in [0, 0.05) is 17.7 Å². The Balaban J connectivity index is 2.20. The number of hydrogen-bond acceptors (Lipinski definition) is 2. The first-order valence-electron chi connectivity index (χ1n) is 6.88. The smallest absolute Gasteiger partial charge is 0.167 e. The first-order chi connectivity index (χ1) is 10.6. The number of rotatable bonds is 5. The van der Waals surface area contributed by atoms with Gasteiger partial charge in [0.05, 0.1) is 12.2 Å². The van der Waals surface area contributed by atoms with Crippen LogP contribution >= 0.6 is 11.6 Å². The molecule has 2 rings (SSSR count). The van der Waals surface area contributed by atoms with Gasteiger partial charge in [0.25, 0.3) is 0 Å². The zero-order valence-electron chi connectivity index (χ0n) is 11.7. The van der Waals surface area contributed by atoms with E-state index in [0.717, 1.165) is 18.4 Å². The molecule has 1 aromatic carbocycles. The molecular formula is C15H15ClF4O2. The Morgan fingerprint density at radius 1 is 1.05 bits per heavy atom. The van der Waals surface area contributed by atoms with Crippen LogP contribution in [0.2, 0.25) is 0 Å². The molecular weight excluding hydrogens is 324 g/mol. The molecule has 22 heavy (non-hydrogen) atoms. The molecule has 0 N–H and O–H groups in total. The summed E-state index contributed by atoms with van der Waals surface area (Å²) in [4.78, 5) is 0. The van der Waals surface area contributed by atoms with Gasteiger partial charge in [-0.15, -0.1) is 0 Å². The molecule has 0 spiro atoms. The summed E-state index contributed by atoms with van der Waals surface area (Å²) in [5, 5.41) is 0. The van der Waals surface area contributed by atoms with Crippen molar-refractivity contribution in [2.24, 2.45) is 0 Å². The van der Waals surface area contributed by atoms with Crippen LogP contribution in [0.5, 0.6) is 0 Å². The monoisotopic (exact) mass is 338 g/mol. The van der Waals surface area contributed by atoms with Crippen molar-refractivity contribution in [2.45, 2.75) is 38.6 Å². The third kappa shape index (κ3) is 3.80. The number of benzene rings is 1. The first kappa shape index (κ1) is 17.2. The molecule has 7 heteroatoms. The van der Waals surface area contributed by atoms with Crippen molar-refractivity contribution >= 4 is 11.6 Å². The summed E-state index contributed by atoms with van der Waals surface area (Å²) in [7, 11) is 0. The van der Waals surface area contributed by atoms with Crippen LogP contribution in [0.15, 0.2) is 11.6 Å². The SMILES string of the molecule is Fc1c(F)c(COC2CCCCO2)c(F)c(F)c1C/C=C\Cl. The van der Waals surface area contributed by atoms with E-state index in [1.807, 2.05) is 0 Å². The van der Waals surface area contributed by atoms with E-state index in [9.17, 15) is 17.6 Å². The lowest BCUT2D eigenvalue weighted by molar-refractivity contribution is -0.169. The van der Waals surface area contributed by atoms with E-state index < -0.39 is 47.3 Å². The molecule has 1 aliphatic heterocycles.